The zero-order valence-corrected chi connectivity index (χ0v) is 25.1. The number of carbonyl (C=O) groups excluding carboxylic acids is 2. The second kappa shape index (κ2) is 13.6. The lowest BCUT2D eigenvalue weighted by atomic mass is 9.83. The molecule has 7 nitrogen and oxygen atoms in total. The molecule has 3 aromatic rings. The van der Waals surface area contributed by atoms with Crippen molar-refractivity contribution in [3.05, 3.63) is 52.3 Å². The average molecular weight is 573 g/mol. The molecule has 216 valence electrons. The fraction of sp³-hybridized carbons (Fsp3) is 0.485. The molecule has 2 N–H and O–H groups in total. The molecule has 0 bridgehead atoms. The van der Waals surface area contributed by atoms with Gasteiger partial charge in [0.25, 0.3) is 0 Å². The molecule has 0 spiro atoms. The Morgan fingerprint density at radius 2 is 1.88 bits per heavy atom. The highest BCUT2D eigenvalue weighted by Gasteiger charge is 2.40. The third-order valence-corrected chi connectivity index (χ3v) is 9.51. The first-order valence-corrected chi connectivity index (χ1v) is 15.6. The summed E-state index contributed by atoms with van der Waals surface area (Å²) in [4.78, 5) is 35.2. The Bertz CT molecular complexity index is 1430. The van der Waals surface area contributed by atoms with Crippen molar-refractivity contribution in [2.45, 2.75) is 70.0 Å². The lowest BCUT2D eigenvalue weighted by molar-refractivity contribution is -0.139. The van der Waals surface area contributed by atoms with Crippen LogP contribution in [0.5, 0.6) is 0 Å². The van der Waals surface area contributed by atoms with Crippen molar-refractivity contribution in [3.8, 4) is 23.1 Å². The maximum absolute atomic E-state index is 14.2. The van der Waals surface area contributed by atoms with E-state index in [1.54, 1.807) is 25.5 Å². The van der Waals surface area contributed by atoms with Gasteiger partial charge in [-0.05, 0) is 56.3 Å². The van der Waals surface area contributed by atoms with Gasteiger partial charge in [-0.15, -0.1) is 11.3 Å². The van der Waals surface area contributed by atoms with Gasteiger partial charge in [-0.3, -0.25) is 9.59 Å². The van der Waals surface area contributed by atoms with E-state index in [9.17, 15) is 9.59 Å². The van der Waals surface area contributed by atoms with Crippen LogP contribution in [-0.4, -0.2) is 61.1 Å². The van der Waals surface area contributed by atoms with Crippen LogP contribution in [0.4, 0.5) is 0 Å². The van der Waals surface area contributed by atoms with Crippen molar-refractivity contribution in [1.82, 2.24) is 20.5 Å². The van der Waals surface area contributed by atoms with E-state index in [0.717, 1.165) is 70.4 Å². The SMILES string of the molecule is CN[C@@H](C)C(=O)N[C@H](C(=O)N1CCC[C@H]1c1nc(-c2cccc3ccccc23)c(C#CCOC)s1)C1CCCCC1. The van der Waals surface area contributed by atoms with Gasteiger partial charge in [-0.2, -0.15) is 0 Å². The van der Waals surface area contributed by atoms with E-state index < -0.39 is 6.04 Å². The molecule has 2 aliphatic rings. The summed E-state index contributed by atoms with van der Waals surface area (Å²) < 4.78 is 5.19. The van der Waals surface area contributed by atoms with Crippen molar-refractivity contribution in [2.24, 2.45) is 5.92 Å². The number of methoxy groups -OCH3 is 1. The maximum atomic E-state index is 14.2. The second-order valence-corrected chi connectivity index (χ2v) is 12.1. The first kappa shape index (κ1) is 29.2. The molecule has 1 saturated carbocycles. The van der Waals surface area contributed by atoms with E-state index >= 15 is 0 Å². The van der Waals surface area contributed by atoms with Gasteiger partial charge in [0.15, 0.2) is 0 Å². The number of aromatic nitrogens is 1. The van der Waals surface area contributed by atoms with Crippen molar-refractivity contribution in [1.29, 1.82) is 0 Å². The molecule has 2 fully saturated rings. The Morgan fingerprint density at radius 3 is 2.66 bits per heavy atom. The number of benzene rings is 2. The number of hydrogen-bond donors (Lipinski definition) is 2. The summed E-state index contributed by atoms with van der Waals surface area (Å²) in [5.74, 6) is 6.45. The van der Waals surface area contributed by atoms with Crippen molar-refractivity contribution in [3.63, 3.8) is 0 Å². The minimum Gasteiger partial charge on any atom is -0.372 e. The zero-order valence-electron chi connectivity index (χ0n) is 24.2. The van der Waals surface area contributed by atoms with Crippen LogP contribution in [-0.2, 0) is 14.3 Å². The minimum absolute atomic E-state index is 0.0185. The molecule has 1 aliphatic heterocycles. The van der Waals surface area contributed by atoms with Crippen LogP contribution in [0.15, 0.2) is 42.5 Å². The van der Waals surface area contributed by atoms with Crippen molar-refractivity contribution in [2.75, 3.05) is 27.3 Å². The number of likely N-dealkylation sites (tertiary alicyclic amines) is 1. The van der Waals surface area contributed by atoms with Crippen LogP contribution in [0.25, 0.3) is 22.0 Å². The highest BCUT2D eigenvalue weighted by molar-refractivity contribution is 7.12. The molecule has 2 heterocycles. The molecule has 8 heteroatoms. The fourth-order valence-electron chi connectivity index (χ4n) is 6.09. The molecule has 0 radical (unpaired) electrons. The highest BCUT2D eigenvalue weighted by Crippen LogP contribution is 2.40. The summed E-state index contributed by atoms with van der Waals surface area (Å²) in [5.41, 5.74) is 1.89. The Balaban J connectivity index is 1.50. The number of nitrogens with one attached hydrogen (secondary N) is 2. The number of thiazole rings is 1. The van der Waals surface area contributed by atoms with Crippen LogP contribution in [0.3, 0.4) is 0 Å². The van der Waals surface area contributed by atoms with Gasteiger partial charge in [0.2, 0.25) is 11.8 Å². The van der Waals surface area contributed by atoms with E-state index in [1.165, 1.54) is 6.42 Å². The predicted molar refractivity (Wildman–Crippen MR) is 165 cm³/mol. The van der Waals surface area contributed by atoms with E-state index in [-0.39, 0.29) is 29.8 Å². The monoisotopic (exact) mass is 572 g/mol. The van der Waals surface area contributed by atoms with Gasteiger partial charge in [-0.25, -0.2) is 4.98 Å². The first-order valence-electron chi connectivity index (χ1n) is 14.8. The van der Waals surface area contributed by atoms with Gasteiger partial charge in [0.05, 0.1) is 17.8 Å². The minimum atomic E-state index is -0.516. The van der Waals surface area contributed by atoms with Crippen molar-refractivity contribution < 1.29 is 14.3 Å². The zero-order chi connectivity index (χ0) is 28.8. The standard InChI is InChI=1S/C33H40N4O3S/c1-22(34-2)31(38)35-29(24-13-5-4-6-14-24)33(39)37-20-10-18-27(37)32-36-30(28(41-32)19-11-21-40-3)26-17-9-15-23-12-7-8-16-25(23)26/h7-9,12,15-17,22,24,27,29,34H,4-6,10,13-14,18,20-21H2,1-3H3,(H,35,38)/t22-,27-,29-/m0/s1. The second-order valence-electron chi connectivity index (χ2n) is 11.1. The van der Waals surface area contributed by atoms with E-state index in [4.69, 9.17) is 9.72 Å². The Labute approximate surface area is 247 Å². The Kier molecular flexibility index (Phi) is 9.71. The quantitative estimate of drug-likeness (QED) is 0.358. The molecular weight excluding hydrogens is 532 g/mol. The van der Waals surface area contributed by atoms with Crippen molar-refractivity contribution >= 4 is 33.9 Å². The number of carbonyl (C=O) groups is 2. The third-order valence-electron chi connectivity index (χ3n) is 8.44. The summed E-state index contributed by atoms with van der Waals surface area (Å²) >= 11 is 1.57. The topological polar surface area (TPSA) is 83.6 Å². The fourth-order valence-corrected chi connectivity index (χ4v) is 7.19. The van der Waals surface area contributed by atoms with Crippen LogP contribution < -0.4 is 10.6 Å². The van der Waals surface area contributed by atoms with Crippen LogP contribution in [0, 0.1) is 17.8 Å². The molecule has 1 saturated heterocycles. The van der Waals surface area contributed by atoms with Gasteiger partial charge in [0, 0.05) is 19.2 Å². The number of likely N-dealkylation sites (N-methyl/N-ethyl adjacent to an activating group) is 1. The first-order chi connectivity index (χ1) is 20.0. The summed E-state index contributed by atoms with van der Waals surface area (Å²) in [6.45, 7) is 2.83. The molecule has 0 unspecified atom stereocenters. The van der Waals surface area contributed by atoms with Crippen LogP contribution in [0.2, 0.25) is 0 Å². The molecule has 2 amide bonds. The largest absolute Gasteiger partial charge is 0.372 e. The molecule has 5 rings (SSSR count). The highest BCUT2D eigenvalue weighted by atomic mass is 32.1. The number of amides is 2. The molecule has 41 heavy (non-hydrogen) atoms. The van der Waals surface area contributed by atoms with E-state index in [0.29, 0.717) is 13.2 Å². The van der Waals surface area contributed by atoms with Gasteiger partial charge >= 0.3 is 0 Å². The van der Waals surface area contributed by atoms with Gasteiger partial charge in [0.1, 0.15) is 22.5 Å². The molecule has 3 atom stereocenters. The lowest BCUT2D eigenvalue weighted by Gasteiger charge is -2.35. The van der Waals surface area contributed by atoms with Crippen LogP contribution >= 0.6 is 11.3 Å². The summed E-state index contributed by atoms with van der Waals surface area (Å²) in [7, 11) is 3.40. The molecular formula is C33H40N4O3S. The molecule has 1 aromatic heterocycles. The molecule has 2 aromatic carbocycles. The number of nitrogens with zero attached hydrogens (tertiary/aromatic N) is 2. The normalized spacial score (nSPS) is 19.0. The van der Waals surface area contributed by atoms with E-state index in [1.807, 2.05) is 24.0 Å². The number of ether oxygens (including phenoxy) is 1. The number of fused-ring (bicyclic) bond motifs is 1. The number of hydrogen-bond acceptors (Lipinski definition) is 6. The van der Waals surface area contributed by atoms with Gasteiger partial charge < -0.3 is 20.3 Å². The smallest absolute Gasteiger partial charge is 0.246 e. The Morgan fingerprint density at radius 1 is 1.10 bits per heavy atom. The lowest BCUT2D eigenvalue weighted by Crippen LogP contribution is -2.55. The Hall–Kier alpha value is -3.25. The van der Waals surface area contributed by atoms with Crippen LogP contribution in [0.1, 0.15) is 67.8 Å². The average Bonchev–Trinajstić information content (AvgIpc) is 3.67. The number of rotatable bonds is 8. The maximum Gasteiger partial charge on any atom is 0.246 e. The summed E-state index contributed by atoms with van der Waals surface area (Å²) in [6, 6.07) is 13.5. The predicted octanol–water partition coefficient (Wildman–Crippen LogP) is 5.30. The molecule has 1 aliphatic carbocycles. The van der Waals surface area contributed by atoms with Gasteiger partial charge in [-0.1, -0.05) is 73.6 Å². The summed E-state index contributed by atoms with van der Waals surface area (Å²) in [5, 5.41) is 9.32. The van der Waals surface area contributed by atoms with E-state index in [2.05, 4.69) is 52.8 Å². The summed E-state index contributed by atoms with van der Waals surface area (Å²) in [6.07, 6.45) is 7.06. The third kappa shape index (κ3) is 6.48.